The van der Waals surface area contributed by atoms with Gasteiger partial charge in [-0.3, -0.25) is 4.90 Å². The third-order valence-corrected chi connectivity index (χ3v) is 8.82. The van der Waals surface area contributed by atoms with Crippen molar-refractivity contribution in [1.82, 2.24) is 30.2 Å². The molecule has 2 bridgehead atoms. The fourth-order valence-electron chi connectivity index (χ4n) is 6.02. The van der Waals surface area contributed by atoms with Crippen LogP contribution in [-0.4, -0.2) is 82.4 Å². The highest BCUT2D eigenvalue weighted by molar-refractivity contribution is 7.22. The molecule has 39 heavy (non-hydrogen) atoms. The van der Waals surface area contributed by atoms with E-state index in [0.29, 0.717) is 41.8 Å². The van der Waals surface area contributed by atoms with Crippen LogP contribution in [0.3, 0.4) is 0 Å². The molecule has 13 heteroatoms. The number of rotatable bonds is 5. The minimum atomic E-state index is -0.896. The zero-order valence-electron chi connectivity index (χ0n) is 21.2. The summed E-state index contributed by atoms with van der Waals surface area (Å²) in [5.74, 6) is -0.526. The summed E-state index contributed by atoms with van der Waals surface area (Å²) in [7, 11) is 1.86. The molecular formula is C26H27F3N8OS. The molecule has 0 aliphatic carbocycles. The first-order valence-electron chi connectivity index (χ1n) is 13.0. The number of likely N-dealkylation sites (N-methyl/N-ethyl adjacent to an activating group) is 1. The maximum atomic E-state index is 15.7. The van der Waals surface area contributed by atoms with Crippen LogP contribution >= 0.6 is 11.3 Å². The molecule has 6 heterocycles. The van der Waals surface area contributed by atoms with E-state index in [-0.39, 0.29) is 45.3 Å². The molecule has 3 aromatic heterocycles. The van der Waals surface area contributed by atoms with E-state index in [0.717, 1.165) is 37.3 Å². The highest BCUT2D eigenvalue weighted by atomic mass is 32.1. The Morgan fingerprint density at radius 1 is 1.08 bits per heavy atom. The minimum Gasteiger partial charge on any atom is -0.462 e. The van der Waals surface area contributed by atoms with Crippen molar-refractivity contribution in [2.24, 2.45) is 0 Å². The first-order valence-corrected chi connectivity index (χ1v) is 13.9. The van der Waals surface area contributed by atoms with Crippen LogP contribution in [0.2, 0.25) is 0 Å². The summed E-state index contributed by atoms with van der Waals surface area (Å²) in [4.78, 5) is 22.1. The van der Waals surface area contributed by atoms with Crippen LogP contribution in [0.15, 0.2) is 18.2 Å². The van der Waals surface area contributed by atoms with Crippen molar-refractivity contribution in [3.8, 4) is 17.3 Å². The second-order valence-electron chi connectivity index (χ2n) is 10.6. The Balaban J connectivity index is 1.33. The lowest BCUT2D eigenvalue weighted by atomic mass is 10.1. The molecule has 3 aliphatic rings. The number of halogens is 3. The number of likely N-dealkylation sites (tertiary alicyclic amines) is 1. The van der Waals surface area contributed by atoms with Crippen molar-refractivity contribution in [2.75, 3.05) is 43.9 Å². The van der Waals surface area contributed by atoms with Crippen molar-refractivity contribution in [2.45, 2.75) is 43.6 Å². The Morgan fingerprint density at radius 2 is 1.87 bits per heavy atom. The number of nitrogens with one attached hydrogen (secondary N) is 1. The smallest absolute Gasteiger partial charge is 0.320 e. The Morgan fingerprint density at radius 3 is 2.62 bits per heavy atom. The lowest BCUT2D eigenvalue weighted by molar-refractivity contribution is 0.188. The van der Waals surface area contributed by atoms with E-state index in [1.807, 2.05) is 11.9 Å². The van der Waals surface area contributed by atoms with Crippen molar-refractivity contribution in [3.63, 3.8) is 0 Å². The largest absolute Gasteiger partial charge is 0.462 e. The molecule has 3 aliphatic heterocycles. The van der Waals surface area contributed by atoms with Crippen LogP contribution in [0.25, 0.3) is 32.5 Å². The zero-order chi connectivity index (χ0) is 26.8. The number of alkyl halides is 1. The quantitative estimate of drug-likeness (QED) is 0.382. The number of nitrogens with two attached hydrogens (primary N) is 1. The number of aromatic nitrogens is 4. The summed E-state index contributed by atoms with van der Waals surface area (Å²) >= 11 is 0.998. The fraction of sp³-hybridized carbons (Fsp3) is 0.462. The molecule has 204 valence electrons. The van der Waals surface area contributed by atoms with Gasteiger partial charge < -0.3 is 20.7 Å². The maximum absolute atomic E-state index is 15.7. The van der Waals surface area contributed by atoms with Gasteiger partial charge in [0.25, 0.3) is 0 Å². The SMILES string of the molecule is CN1C[C@H](F)C[C@H]1COc1nc(N2CC3CCC(C2)N3)c2cc(F)c(-c3ccc(F)c4sc(N)nc34)nc2n1. The summed E-state index contributed by atoms with van der Waals surface area (Å²) in [5, 5.41) is 4.24. The number of nitrogen functional groups attached to an aromatic ring is 1. The molecular weight excluding hydrogens is 529 g/mol. The first-order chi connectivity index (χ1) is 18.8. The third kappa shape index (κ3) is 4.42. The number of hydrogen-bond donors (Lipinski definition) is 2. The zero-order valence-corrected chi connectivity index (χ0v) is 22.0. The summed E-state index contributed by atoms with van der Waals surface area (Å²) in [5.41, 5.74) is 6.65. The number of thiazole rings is 1. The van der Waals surface area contributed by atoms with Crippen molar-refractivity contribution in [3.05, 3.63) is 29.8 Å². The predicted octanol–water partition coefficient (Wildman–Crippen LogP) is 3.52. The lowest BCUT2D eigenvalue weighted by Crippen LogP contribution is -2.51. The van der Waals surface area contributed by atoms with Crippen LogP contribution < -0.4 is 20.7 Å². The van der Waals surface area contributed by atoms with Gasteiger partial charge in [0.2, 0.25) is 0 Å². The monoisotopic (exact) mass is 556 g/mol. The predicted molar refractivity (Wildman–Crippen MR) is 144 cm³/mol. The van der Waals surface area contributed by atoms with Crippen molar-refractivity contribution in [1.29, 1.82) is 0 Å². The van der Waals surface area contributed by atoms with Crippen LogP contribution in [0.5, 0.6) is 6.01 Å². The Bertz CT molecular complexity index is 1570. The molecule has 7 rings (SSSR count). The second-order valence-corrected chi connectivity index (χ2v) is 11.7. The van der Waals surface area contributed by atoms with Gasteiger partial charge in [0.15, 0.2) is 10.8 Å². The highest BCUT2D eigenvalue weighted by Crippen LogP contribution is 2.37. The number of fused-ring (bicyclic) bond motifs is 4. The summed E-state index contributed by atoms with van der Waals surface area (Å²) in [6, 6.07) is 4.74. The Labute approximate surface area is 226 Å². The number of pyridine rings is 1. The van der Waals surface area contributed by atoms with E-state index in [1.165, 1.54) is 18.2 Å². The fourth-order valence-corrected chi connectivity index (χ4v) is 6.78. The molecule has 4 aromatic rings. The van der Waals surface area contributed by atoms with Crippen LogP contribution in [0, 0.1) is 11.6 Å². The molecule has 0 amide bonds. The Kier molecular flexibility index (Phi) is 5.97. The minimum absolute atomic E-state index is 0.00965. The Hall–Kier alpha value is -3.29. The van der Waals surface area contributed by atoms with Gasteiger partial charge in [0.1, 0.15) is 35.9 Å². The summed E-state index contributed by atoms with van der Waals surface area (Å²) < 4.78 is 50.3. The van der Waals surface area contributed by atoms with E-state index in [2.05, 4.69) is 25.2 Å². The number of benzene rings is 1. The van der Waals surface area contributed by atoms with Crippen LogP contribution in [0.4, 0.5) is 24.1 Å². The molecule has 4 atom stereocenters. The van der Waals surface area contributed by atoms with Gasteiger partial charge in [-0.15, -0.1) is 0 Å². The van der Waals surface area contributed by atoms with Gasteiger partial charge in [-0.25, -0.2) is 23.1 Å². The van der Waals surface area contributed by atoms with Gasteiger partial charge in [-0.2, -0.15) is 9.97 Å². The molecule has 1 aromatic carbocycles. The standard InChI is InChI=1S/C26H27F3N8OS/c1-36-8-12(27)6-15(36)11-38-26-34-23-17(24(35-26)37-9-13-2-3-14(10-37)31-13)7-19(29)20(32-23)16-4-5-18(28)22-21(16)33-25(30)39-22/h4-5,7,12-15,31H,2-3,6,8-11H2,1H3,(H2,30,33)/t12-,13?,14?,15+/m1/s1. The molecule has 3 fully saturated rings. The molecule has 3 saturated heterocycles. The molecule has 3 N–H and O–H groups in total. The summed E-state index contributed by atoms with van der Waals surface area (Å²) in [6.07, 6.45) is 1.62. The molecule has 0 saturated carbocycles. The first kappa shape index (κ1) is 24.7. The topological polar surface area (TPSA) is 105 Å². The number of ether oxygens (including phenoxy) is 1. The number of piperazine rings is 1. The normalized spacial score (nSPS) is 25.3. The summed E-state index contributed by atoms with van der Waals surface area (Å²) in [6.45, 7) is 2.02. The molecule has 9 nitrogen and oxygen atoms in total. The van der Waals surface area contributed by atoms with E-state index < -0.39 is 17.8 Å². The number of hydrogen-bond acceptors (Lipinski definition) is 10. The van der Waals surface area contributed by atoms with Gasteiger partial charge in [-0.05, 0) is 44.5 Å². The average Bonchev–Trinajstić information content (AvgIpc) is 3.57. The molecule has 0 radical (unpaired) electrons. The van der Waals surface area contributed by atoms with Crippen LogP contribution in [0.1, 0.15) is 19.3 Å². The molecule has 0 spiro atoms. The number of anilines is 2. The van der Waals surface area contributed by atoms with Crippen molar-refractivity contribution >= 4 is 43.5 Å². The van der Waals surface area contributed by atoms with E-state index in [4.69, 9.17) is 15.5 Å². The highest BCUT2D eigenvalue weighted by Gasteiger charge is 2.35. The third-order valence-electron chi connectivity index (χ3n) is 7.93. The van der Waals surface area contributed by atoms with E-state index >= 15 is 4.39 Å². The van der Waals surface area contributed by atoms with Gasteiger partial charge in [0, 0.05) is 43.3 Å². The van der Waals surface area contributed by atoms with Gasteiger partial charge >= 0.3 is 6.01 Å². The maximum Gasteiger partial charge on any atom is 0.320 e. The average molecular weight is 557 g/mol. The molecule has 2 unspecified atom stereocenters. The van der Waals surface area contributed by atoms with Gasteiger partial charge in [-0.1, -0.05) is 11.3 Å². The van der Waals surface area contributed by atoms with Gasteiger partial charge in [0.05, 0.1) is 15.6 Å². The second kappa shape index (κ2) is 9.42. The number of nitrogens with zero attached hydrogens (tertiary/aromatic N) is 6. The van der Waals surface area contributed by atoms with Crippen LogP contribution in [-0.2, 0) is 0 Å². The van der Waals surface area contributed by atoms with E-state index in [9.17, 15) is 8.78 Å². The lowest BCUT2D eigenvalue weighted by Gasteiger charge is -2.34. The van der Waals surface area contributed by atoms with E-state index in [1.54, 1.807) is 0 Å². The van der Waals surface area contributed by atoms with Crippen molar-refractivity contribution < 1.29 is 17.9 Å².